The summed E-state index contributed by atoms with van der Waals surface area (Å²) < 4.78 is 34.0. The zero-order valence-electron chi connectivity index (χ0n) is 13.8. The molecule has 0 radical (unpaired) electrons. The average molecular weight is 385 g/mol. The first-order valence-electron chi connectivity index (χ1n) is 7.31. The van der Waals surface area contributed by atoms with Gasteiger partial charge in [0.25, 0.3) is 5.91 Å². The summed E-state index contributed by atoms with van der Waals surface area (Å²) in [4.78, 5) is 23.5. The number of halogens is 3. The van der Waals surface area contributed by atoms with E-state index in [1.165, 1.54) is 44.4 Å². The summed E-state index contributed by atoms with van der Waals surface area (Å²) in [6.07, 6.45) is 0. The summed E-state index contributed by atoms with van der Waals surface area (Å²) >= 11 is 6.05. The van der Waals surface area contributed by atoms with E-state index in [4.69, 9.17) is 16.3 Å². The van der Waals surface area contributed by atoms with Crippen LogP contribution in [0.3, 0.4) is 0 Å². The van der Waals surface area contributed by atoms with Gasteiger partial charge in [-0.1, -0.05) is 11.6 Å². The number of ether oxygens (including phenoxy) is 2. The minimum Gasteiger partial charge on any atom is -0.493 e. The van der Waals surface area contributed by atoms with Gasteiger partial charge in [-0.15, -0.1) is 0 Å². The lowest BCUT2D eigenvalue weighted by atomic mass is 10.1. The van der Waals surface area contributed by atoms with Crippen molar-refractivity contribution in [3.63, 3.8) is 0 Å². The number of nitrogens with one attached hydrogen (secondary N) is 2. The number of benzene rings is 2. The average Bonchev–Trinajstić information content (AvgIpc) is 2.57. The Bertz CT molecular complexity index is 830. The van der Waals surface area contributed by atoms with Crippen LogP contribution in [0.1, 0.15) is 17.3 Å². The lowest BCUT2D eigenvalue weighted by molar-refractivity contribution is -0.114. The van der Waals surface area contributed by atoms with E-state index in [0.29, 0.717) is 5.69 Å². The molecule has 0 aliphatic carbocycles. The van der Waals surface area contributed by atoms with E-state index in [2.05, 4.69) is 15.4 Å². The number of hydrogen-bond acceptors (Lipinski definition) is 4. The largest absolute Gasteiger partial charge is 0.493 e. The Hall–Kier alpha value is -2.87. The molecule has 0 spiro atoms. The predicted octanol–water partition coefficient (Wildman–Crippen LogP) is 4.16. The summed E-state index contributed by atoms with van der Waals surface area (Å²) in [5, 5.41) is 5.42. The number of hydrogen-bond donors (Lipinski definition) is 2. The Morgan fingerprint density at radius 2 is 1.81 bits per heavy atom. The van der Waals surface area contributed by atoms with E-state index in [1.807, 2.05) is 0 Å². The monoisotopic (exact) mass is 384 g/mol. The molecule has 0 aliphatic rings. The molecule has 2 aromatic carbocycles. The van der Waals surface area contributed by atoms with Crippen molar-refractivity contribution < 1.29 is 27.8 Å². The van der Waals surface area contributed by atoms with Crippen molar-refractivity contribution in [1.29, 1.82) is 0 Å². The van der Waals surface area contributed by atoms with Crippen LogP contribution >= 0.6 is 11.6 Å². The van der Waals surface area contributed by atoms with Crippen molar-refractivity contribution in [2.75, 3.05) is 17.7 Å². The Kier molecular flexibility index (Phi) is 6.35. The van der Waals surface area contributed by atoms with Crippen LogP contribution in [-0.4, -0.2) is 25.5 Å². The van der Waals surface area contributed by atoms with Crippen LogP contribution < -0.4 is 20.1 Å². The van der Waals surface area contributed by atoms with Crippen molar-refractivity contribution in [3.8, 4) is 11.5 Å². The maximum Gasteiger partial charge on any atom is 0.387 e. The van der Waals surface area contributed by atoms with Crippen molar-refractivity contribution in [1.82, 2.24) is 0 Å². The molecule has 0 aromatic heterocycles. The minimum atomic E-state index is -3.01. The molecule has 2 amide bonds. The van der Waals surface area contributed by atoms with Gasteiger partial charge in [0, 0.05) is 18.2 Å². The lowest BCUT2D eigenvalue weighted by Crippen LogP contribution is -2.13. The molecule has 0 heterocycles. The van der Waals surface area contributed by atoms with Crippen molar-refractivity contribution in [2.45, 2.75) is 13.5 Å². The molecule has 2 rings (SSSR count). The maximum absolute atomic E-state index is 12.4. The van der Waals surface area contributed by atoms with E-state index >= 15 is 0 Å². The summed E-state index contributed by atoms with van der Waals surface area (Å²) in [5.74, 6) is -1.03. The van der Waals surface area contributed by atoms with Gasteiger partial charge in [-0.3, -0.25) is 9.59 Å². The third kappa shape index (κ3) is 5.06. The second kappa shape index (κ2) is 8.48. The normalized spacial score (nSPS) is 10.4. The third-order valence-electron chi connectivity index (χ3n) is 3.18. The van der Waals surface area contributed by atoms with E-state index in [-0.39, 0.29) is 33.7 Å². The van der Waals surface area contributed by atoms with Crippen LogP contribution in [0.15, 0.2) is 36.4 Å². The summed E-state index contributed by atoms with van der Waals surface area (Å²) in [7, 11) is 1.27. The number of amides is 2. The smallest absolute Gasteiger partial charge is 0.387 e. The van der Waals surface area contributed by atoms with Gasteiger partial charge in [0.15, 0.2) is 11.5 Å². The van der Waals surface area contributed by atoms with Crippen LogP contribution in [0.2, 0.25) is 5.02 Å². The number of carbonyl (C=O) groups is 2. The third-order valence-corrected chi connectivity index (χ3v) is 3.51. The first-order chi connectivity index (χ1) is 12.3. The maximum atomic E-state index is 12.4. The quantitative estimate of drug-likeness (QED) is 0.784. The molecular weight excluding hydrogens is 370 g/mol. The Labute approximate surface area is 153 Å². The van der Waals surface area contributed by atoms with Crippen LogP contribution in [-0.2, 0) is 4.79 Å². The molecule has 0 saturated carbocycles. The number of carbonyl (C=O) groups excluding carboxylic acids is 2. The van der Waals surface area contributed by atoms with Gasteiger partial charge in [0.05, 0.1) is 17.8 Å². The van der Waals surface area contributed by atoms with Crippen LogP contribution in [0.4, 0.5) is 20.2 Å². The minimum absolute atomic E-state index is 0.0176. The van der Waals surface area contributed by atoms with Crippen LogP contribution in [0.25, 0.3) is 0 Å². The molecule has 0 fully saturated rings. The fourth-order valence-corrected chi connectivity index (χ4v) is 2.26. The summed E-state index contributed by atoms with van der Waals surface area (Å²) in [5.41, 5.74) is 0.870. The highest BCUT2D eigenvalue weighted by atomic mass is 35.5. The number of anilines is 2. The zero-order chi connectivity index (χ0) is 19.3. The van der Waals surface area contributed by atoms with E-state index in [0.717, 1.165) is 0 Å². The van der Waals surface area contributed by atoms with Crippen molar-refractivity contribution in [2.24, 2.45) is 0 Å². The summed E-state index contributed by atoms with van der Waals surface area (Å²) in [6.45, 7) is -1.67. The van der Waals surface area contributed by atoms with Gasteiger partial charge in [-0.25, -0.2) is 0 Å². The number of rotatable bonds is 6. The fourth-order valence-electron chi connectivity index (χ4n) is 2.10. The van der Waals surface area contributed by atoms with Gasteiger partial charge >= 0.3 is 6.61 Å². The zero-order valence-corrected chi connectivity index (χ0v) is 14.6. The van der Waals surface area contributed by atoms with Gasteiger partial charge in [0.1, 0.15) is 0 Å². The van der Waals surface area contributed by atoms with E-state index < -0.39 is 12.5 Å². The van der Waals surface area contributed by atoms with Gasteiger partial charge < -0.3 is 20.1 Å². The van der Waals surface area contributed by atoms with E-state index in [1.54, 1.807) is 6.07 Å². The highest BCUT2D eigenvalue weighted by Gasteiger charge is 2.15. The van der Waals surface area contributed by atoms with E-state index in [9.17, 15) is 18.4 Å². The summed E-state index contributed by atoms with van der Waals surface area (Å²) in [6, 6.07) is 8.36. The molecular formula is C17H15ClF2N2O4. The SMILES string of the molecule is COc1cc(C(=O)Nc2cc(NC(C)=O)ccc2Cl)ccc1OC(F)F. The Morgan fingerprint density at radius 3 is 2.42 bits per heavy atom. The topological polar surface area (TPSA) is 76.7 Å². The van der Waals surface area contributed by atoms with Crippen molar-refractivity contribution in [3.05, 3.63) is 47.0 Å². The first-order valence-corrected chi connectivity index (χ1v) is 7.69. The standard InChI is InChI=1S/C17H15ClF2N2O4/c1-9(23)21-11-4-5-12(18)13(8-11)22-16(24)10-3-6-14(26-17(19)20)15(7-10)25-2/h3-8,17H,1-2H3,(H,21,23)(H,22,24). The molecule has 0 atom stereocenters. The lowest BCUT2D eigenvalue weighted by Gasteiger charge is -2.13. The highest BCUT2D eigenvalue weighted by Crippen LogP contribution is 2.31. The molecule has 0 saturated heterocycles. The molecule has 0 unspecified atom stereocenters. The second-order valence-electron chi connectivity index (χ2n) is 5.07. The van der Waals surface area contributed by atoms with Crippen molar-refractivity contribution >= 4 is 34.8 Å². The molecule has 6 nitrogen and oxygen atoms in total. The van der Waals surface area contributed by atoms with Crippen LogP contribution in [0, 0.1) is 0 Å². The molecule has 2 N–H and O–H groups in total. The Morgan fingerprint density at radius 1 is 1.08 bits per heavy atom. The second-order valence-corrected chi connectivity index (χ2v) is 5.48. The van der Waals surface area contributed by atoms with Gasteiger partial charge in [-0.2, -0.15) is 8.78 Å². The number of alkyl halides is 2. The molecule has 9 heteroatoms. The molecule has 0 bridgehead atoms. The molecule has 26 heavy (non-hydrogen) atoms. The molecule has 138 valence electrons. The molecule has 2 aromatic rings. The fraction of sp³-hybridized carbons (Fsp3) is 0.176. The first kappa shape index (κ1) is 19.5. The van der Waals surface area contributed by atoms with Gasteiger partial charge in [-0.05, 0) is 36.4 Å². The highest BCUT2D eigenvalue weighted by molar-refractivity contribution is 6.34. The Balaban J connectivity index is 2.23. The van der Waals surface area contributed by atoms with Gasteiger partial charge in [0.2, 0.25) is 5.91 Å². The number of methoxy groups -OCH3 is 1. The molecule has 0 aliphatic heterocycles. The van der Waals surface area contributed by atoms with Crippen LogP contribution in [0.5, 0.6) is 11.5 Å². The predicted molar refractivity (Wildman–Crippen MR) is 93.3 cm³/mol.